The van der Waals surface area contributed by atoms with E-state index in [-0.39, 0.29) is 6.61 Å². The van der Waals surface area contributed by atoms with Crippen molar-refractivity contribution >= 4 is 5.65 Å². The van der Waals surface area contributed by atoms with Crippen LogP contribution in [0.2, 0.25) is 0 Å². The summed E-state index contributed by atoms with van der Waals surface area (Å²) in [6, 6.07) is 1.91. The molecule has 4 heteroatoms. The SMILES string of the molecule is OCCn1ccn2nccc12. The predicted molar refractivity (Wildman–Crippen MR) is 40.3 cm³/mol. The van der Waals surface area contributed by atoms with E-state index >= 15 is 0 Å². The van der Waals surface area contributed by atoms with Crippen LogP contribution in [0.4, 0.5) is 0 Å². The smallest absolute Gasteiger partial charge is 0.135 e. The van der Waals surface area contributed by atoms with E-state index in [9.17, 15) is 0 Å². The third kappa shape index (κ3) is 0.914. The summed E-state index contributed by atoms with van der Waals surface area (Å²) in [6.07, 6.45) is 5.51. The molecule has 0 bridgehead atoms. The van der Waals surface area contributed by atoms with Gasteiger partial charge >= 0.3 is 0 Å². The average Bonchev–Trinajstić information content (AvgIpc) is 2.53. The minimum absolute atomic E-state index is 0.162. The molecule has 0 unspecified atom stereocenters. The second kappa shape index (κ2) is 2.39. The molecular formula is C7H9N3O. The number of aromatic nitrogens is 3. The van der Waals surface area contributed by atoms with Gasteiger partial charge in [0.15, 0.2) is 0 Å². The van der Waals surface area contributed by atoms with Crippen LogP contribution in [0, 0.1) is 0 Å². The van der Waals surface area contributed by atoms with Crippen molar-refractivity contribution in [3.63, 3.8) is 0 Å². The first-order valence-electron chi connectivity index (χ1n) is 3.51. The summed E-state index contributed by atoms with van der Waals surface area (Å²) in [5, 5.41) is 12.7. The van der Waals surface area contributed by atoms with Gasteiger partial charge < -0.3 is 9.67 Å². The molecule has 0 aliphatic rings. The maximum atomic E-state index is 8.68. The predicted octanol–water partition coefficient (Wildman–Crippen LogP) is 0.128. The lowest BCUT2D eigenvalue weighted by Gasteiger charge is -1.96. The van der Waals surface area contributed by atoms with Crippen molar-refractivity contribution in [3.8, 4) is 0 Å². The molecule has 0 fully saturated rings. The lowest BCUT2D eigenvalue weighted by Crippen LogP contribution is -1.99. The zero-order valence-corrected chi connectivity index (χ0v) is 6.01. The van der Waals surface area contributed by atoms with Crippen LogP contribution in [-0.4, -0.2) is 25.9 Å². The fourth-order valence-electron chi connectivity index (χ4n) is 1.17. The summed E-state index contributed by atoms with van der Waals surface area (Å²) < 4.78 is 3.72. The van der Waals surface area contributed by atoms with Gasteiger partial charge in [0.1, 0.15) is 5.65 Å². The Morgan fingerprint density at radius 3 is 3.18 bits per heavy atom. The van der Waals surface area contributed by atoms with E-state index < -0.39 is 0 Å². The third-order valence-electron chi connectivity index (χ3n) is 1.67. The molecule has 4 nitrogen and oxygen atoms in total. The molecule has 2 heterocycles. The Morgan fingerprint density at radius 1 is 1.45 bits per heavy atom. The number of aliphatic hydroxyl groups excluding tert-OH is 1. The van der Waals surface area contributed by atoms with Crippen molar-refractivity contribution in [2.24, 2.45) is 0 Å². The number of hydrogen-bond donors (Lipinski definition) is 1. The summed E-state index contributed by atoms with van der Waals surface area (Å²) in [7, 11) is 0. The van der Waals surface area contributed by atoms with Crippen molar-refractivity contribution < 1.29 is 5.11 Å². The van der Waals surface area contributed by atoms with Crippen molar-refractivity contribution in [3.05, 3.63) is 24.7 Å². The topological polar surface area (TPSA) is 42.5 Å². The molecule has 0 spiro atoms. The van der Waals surface area contributed by atoms with Gasteiger partial charge in [0.05, 0.1) is 12.8 Å². The van der Waals surface area contributed by atoms with E-state index in [2.05, 4.69) is 5.10 Å². The molecule has 2 rings (SSSR count). The Hall–Kier alpha value is -1.29. The van der Waals surface area contributed by atoms with Crippen LogP contribution in [0.25, 0.3) is 5.65 Å². The minimum Gasteiger partial charge on any atom is -0.395 e. The number of imidazole rings is 1. The highest BCUT2D eigenvalue weighted by Crippen LogP contribution is 2.02. The zero-order chi connectivity index (χ0) is 7.68. The van der Waals surface area contributed by atoms with Gasteiger partial charge in [0.25, 0.3) is 0 Å². The second-order valence-corrected chi connectivity index (χ2v) is 2.35. The molecule has 0 atom stereocenters. The molecular weight excluding hydrogens is 142 g/mol. The number of aliphatic hydroxyl groups is 1. The molecule has 0 saturated carbocycles. The van der Waals surface area contributed by atoms with E-state index in [0.717, 1.165) is 5.65 Å². The lowest BCUT2D eigenvalue weighted by molar-refractivity contribution is 0.278. The van der Waals surface area contributed by atoms with Gasteiger partial charge in [0, 0.05) is 25.0 Å². The number of fused-ring (bicyclic) bond motifs is 1. The Kier molecular flexibility index (Phi) is 1.40. The summed E-state index contributed by atoms with van der Waals surface area (Å²) in [6.45, 7) is 0.789. The first-order chi connectivity index (χ1) is 5.42. The van der Waals surface area contributed by atoms with E-state index in [0.29, 0.717) is 6.54 Å². The van der Waals surface area contributed by atoms with Gasteiger partial charge in [0.2, 0.25) is 0 Å². The molecule has 0 aliphatic carbocycles. The van der Waals surface area contributed by atoms with Gasteiger partial charge in [-0.05, 0) is 0 Å². The first kappa shape index (κ1) is 6.42. The molecule has 2 aromatic heterocycles. The van der Waals surface area contributed by atoms with Crippen LogP contribution in [0.15, 0.2) is 24.7 Å². The number of nitrogens with zero attached hydrogens (tertiary/aromatic N) is 3. The van der Waals surface area contributed by atoms with E-state index in [1.54, 1.807) is 10.7 Å². The Bertz CT molecular complexity index is 349. The standard InChI is InChI=1S/C7H9N3O/c11-6-5-9-3-4-10-7(9)1-2-8-10/h1-4,11H,5-6H2. The summed E-state index contributed by atoms with van der Waals surface area (Å²) in [5.74, 6) is 0. The normalized spacial score (nSPS) is 11.0. The molecule has 0 radical (unpaired) electrons. The largest absolute Gasteiger partial charge is 0.395 e. The highest BCUT2D eigenvalue weighted by molar-refractivity contribution is 5.37. The highest BCUT2D eigenvalue weighted by atomic mass is 16.3. The van der Waals surface area contributed by atoms with Crippen LogP contribution in [0.1, 0.15) is 0 Å². The van der Waals surface area contributed by atoms with Gasteiger partial charge in [-0.3, -0.25) is 0 Å². The summed E-state index contributed by atoms with van der Waals surface area (Å²) in [5.41, 5.74) is 1.01. The Morgan fingerprint density at radius 2 is 2.36 bits per heavy atom. The Labute approximate surface area is 63.7 Å². The van der Waals surface area contributed by atoms with Crippen molar-refractivity contribution in [1.82, 2.24) is 14.2 Å². The van der Waals surface area contributed by atoms with Crippen LogP contribution in [-0.2, 0) is 6.54 Å². The molecule has 0 amide bonds. The molecule has 58 valence electrons. The van der Waals surface area contributed by atoms with E-state index in [1.807, 2.05) is 23.0 Å². The van der Waals surface area contributed by atoms with Gasteiger partial charge in [-0.25, -0.2) is 4.52 Å². The fourth-order valence-corrected chi connectivity index (χ4v) is 1.17. The summed E-state index contributed by atoms with van der Waals surface area (Å²) in [4.78, 5) is 0. The van der Waals surface area contributed by atoms with Crippen LogP contribution in [0.5, 0.6) is 0 Å². The highest BCUT2D eigenvalue weighted by Gasteiger charge is 1.98. The molecule has 0 aliphatic heterocycles. The fraction of sp³-hybridized carbons (Fsp3) is 0.286. The lowest BCUT2D eigenvalue weighted by atomic mass is 10.6. The number of hydrogen-bond acceptors (Lipinski definition) is 2. The average molecular weight is 151 g/mol. The van der Waals surface area contributed by atoms with Crippen molar-refractivity contribution in [1.29, 1.82) is 0 Å². The van der Waals surface area contributed by atoms with Gasteiger partial charge in [-0.1, -0.05) is 0 Å². The Balaban J connectivity index is 2.51. The minimum atomic E-state index is 0.162. The molecule has 0 saturated heterocycles. The third-order valence-corrected chi connectivity index (χ3v) is 1.67. The van der Waals surface area contributed by atoms with E-state index in [1.165, 1.54) is 0 Å². The van der Waals surface area contributed by atoms with Gasteiger partial charge in [-0.15, -0.1) is 0 Å². The van der Waals surface area contributed by atoms with Gasteiger partial charge in [-0.2, -0.15) is 5.10 Å². The summed E-state index contributed by atoms with van der Waals surface area (Å²) >= 11 is 0. The maximum absolute atomic E-state index is 8.68. The van der Waals surface area contributed by atoms with E-state index in [4.69, 9.17) is 5.11 Å². The molecule has 2 aromatic rings. The second-order valence-electron chi connectivity index (χ2n) is 2.35. The first-order valence-corrected chi connectivity index (χ1v) is 3.51. The quantitative estimate of drug-likeness (QED) is 0.662. The number of rotatable bonds is 2. The van der Waals surface area contributed by atoms with Crippen LogP contribution >= 0.6 is 0 Å². The van der Waals surface area contributed by atoms with Crippen LogP contribution in [0.3, 0.4) is 0 Å². The maximum Gasteiger partial charge on any atom is 0.135 e. The zero-order valence-electron chi connectivity index (χ0n) is 6.01. The van der Waals surface area contributed by atoms with Crippen molar-refractivity contribution in [2.75, 3.05) is 6.61 Å². The molecule has 11 heavy (non-hydrogen) atoms. The molecule has 0 aromatic carbocycles. The van der Waals surface area contributed by atoms with Crippen molar-refractivity contribution in [2.45, 2.75) is 6.54 Å². The van der Waals surface area contributed by atoms with Crippen LogP contribution < -0.4 is 0 Å². The molecule has 1 N–H and O–H groups in total. The monoisotopic (exact) mass is 151 g/mol.